The molecule has 12 nitrogen and oxygen atoms in total. The van der Waals surface area contributed by atoms with Gasteiger partial charge in [0.1, 0.15) is 22.6 Å². The van der Waals surface area contributed by atoms with E-state index in [1.807, 2.05) is 0 Å². The van der Waals surface area contributed by atoms with Gasteiger partial charge in [0, 0.05) is 18.4 Å². The van der Waals surface area contributed by atoms with E-state index in [1.54, 1.807) is 6.92 Å². The van der Waals surface area contributed by atoms with Crippen molar-refractivity contribution >= 4 is 29.1 Å². The maximum Gasteiger partial charge on any atom is 0.276 e. The molecule has 1 saturated carbocycles. The molecule has 0 radical (unpaired) electrons. The minimum Gasteiger partial charge on any atom is -0.338 e. The predicted octanol–water partition coefficient (Wildman–Crippen LogP) is 2.62. The van der Waals surface area contributed by atoms with Crippen molar-refractivity contribution in [3.8, 4) is 0 Å². The van der Waals surface area contributed by atoms with Gasteiger partial charge in [0.05, 0.1) is 12.2 Å². The lowest BCUT2D eigenvalue weighted by atomic mass is 9.81. The Labute approximate surface area is 211 Å². The summed E-state index contributed by atoms with van der Waals surface area (Å²) >= 11 is 5.83. The van der Waals surface area contributed by atoms with E-state index in [0.717, 1.165) is 10.9 Å². The summed E-state index contributed by atoms with van der Waals surface area (Å²) in [6.07, 6.45) is 0.131. The first-order valence-electron chi connectivity index (χ1n) is 11.2. The second-order valence-electron chi connectivity index (χ2n) is 8.80. The van der Waals surface area contributed by atoms with Crippen LogP contribution in [0.5, 0.6) is 0 Å². The van der Waals surface area contributed by atoms with Crippen LogP contribution in [0.15, 0.2) is 21.7 Å². The Morgan fingerprint density at radius 1 is 1.30 bits per heavy atom. The number of aromatic amines is 1. The van der Waals surface area contributed by atoms with Gasteiger partial charge in [-0.15, -0.1) is 5.10 Å². The number of halogens is 4. The van der Waals surface area contributed by atoms with Crippen LogP contribution in [0, 0.1) is 18.8 Å². The maximum atomic E-state index is 14.7. The fraction of sp³-hybridized carbons (Fsp3) is 0.476. The summed E-state index contributed by atoms with van der Waals surface area (Å²) in [4.78, 5) is 38.0. The number of carbonyl (C=O) groups excluding carboxylic acids is 2. The van der Waals surface area contributed by atoms with Crippen LogP contribution < -0.4 is 16.2 Å². The molecule has 16 heteroatoms. The molecule has 1 aliphatic carbocycles. The van der Waals surface area contributed by atoms with Crippen molar-refractivity contribution in [2.75, 3.05) is 5.32 Å². The Kier molecular flexibility index (Phi) is 7.34. The van der Waals surface area contributed by atoms with Gasteiger partial charge in [-0.3, -0.25) is 19.1 Å². The molecule has 0 aliphatic heterocycles. The molecule has 0 bridgehead atoms. The first-order chi connectivity index (χ1) is 17.4. The summed E-state index contributed by atoms with van der Waals surface area (Å²) < 4.78 is 47.8. The van der Waals surface area contributed by atoms with Crippen LogP contribution in [0.2, 0.25) is 5.15 Å². The van der Waals surface area contributed by atoms with Crippen molar-refractivity contribution in [2.24, 2.45) is 5.92 Å². The largest absolute Gasteiger partial charge is 0.338 e. The Balaban J connectivity index is 1.56. The molecule has 3 aromatic rings. The third-order valence-electron chi connectivity index (χ3n) is 6.26. The van der Waals surface area contributed by atoms with Gasteiger partial charge < -0.3 is 10.6 Å². The second-order valence-corrected chi connectivity index (χ2v) is 9.18. The molecule has 0 aromatic carbocycles. The molecule has 2 amide bonds. The topological polar surface area (TPSA) is 161 Å². The second kappa shape index (κ2) is 10.3. The number of amides is 2. The highest BCUT2D eigenvalue weighted by Crippen LogP contribution is 2.38. The van der Waals surface area contributed by atoms with Crippen molar-refractivity contribution in [1.29, 1.82) is 0 Å². The number of rotatable bonds is 7. The first kappa shape index (κ1) is 26.3. The molecule has 3 aromatic heterocycles. The van der Waals surface area contributed by atoms with Crippen LogP contribution in [0.1, 0.15) is 60.4 Å². The lowest BCUT2D eigenvalue weighted by Crippen LogP contribution is -2.50. The normalized spacial score (nSPS) is 17.2. The summed E-state index contributed by atoms with van der Waals surface area (Å²) in [5, 5.41) is 21.4. The van der Waals surface area contributed by atoms with Crippen LogP contribution in [-0.2, 0) is 4.79 Å². The van der Waals surface area contributed by atoms with E-state index in [1.165, 1.54) is 13.0 Å². The molecule has 37 heavy (non-hydrogen) atoms. The summed E-state index contributed by atoms with van der Waals surface area (Å²) in [6.45, 7) is 3.02. The zero-order valence-electron chi connectivity index (χ0n) is 19.6. The molecule has 0 saturated heterocycles. The molecule has 1 aliphatic rings. The number of nitrogens with one attached hydrogen (secondary N) is 3. The zero-order chi connectivity index (χ0) is 26.9. The average molecular weight is 543 g/mol. The molecular weight excluding hydrogens is 521 g/mol. The minimum absolute atomic E-state index is 0.0109. The van der Waals surface area contributed by atoms with E-state index in [4.69, 9.17) is 11.6 Å². The van der Waals surface area contributed by atoms with Gasteiger partial charge in [0.15, 0.2) is 5.69 Å². The van der Waals surface area contributed by atoms with Crippen molar-refractivity contribution in [3.05, 3.63) is 50.7 Å². The summed E-state index contributed by atoms with van der Waals surface area (Å²) in [5.74, 6) is -6.22. The highest BCUT2D eigenvalue weighted by molar-refractivity contribution is 6.29. The monoisotopic (exact) mass is 542 g/mol. The number of hydrogen-bond donors (Lipinski definition) is 3. The van der Waals surface area contributed by atoms with Crippen LogP contribution in [0.4, 0.5) is 18.9 Å². The van der Waals surface area contributed by atoms with Crippen molar-refractivity contribution in [3.63, 3.8) is 0 Å². The zero-order valence-corrected chi connectivity index (χ0v) is 20.4. The lowest BCUT2D eigenvalue weighted by molar-refractivity contribution is -0.121. The number of carbonyl (C=O) groups is 2. The van der Waals surface area contributed by atoms with E-state index in [9.17, 15) is 27.6 Å². The van der Waals surface area contributed by atoms with Crippen LogP contribution >= 0.6 is 11.6 Å². The van der Waals surface area contributed by atoms with Gasteiger partial charge >= 0.3 is 0 Å². The fourth-order valence-corrected chi connectivity index (χ4v) is 4.31. The van der Waals surface area contributed by atoms with E-state index < -0.39 is 60.1 Å². The predicted molar refractivity (Wildman–Crippen MR) is 122 cm³/mol. The summed E-state index contributed by atoms with van der Waals surface area (Å²) in [5.41, 5.74) is -0.765. The maximum absolute atomic E-state index is 14.7. The lowest BCUT2D eigenvalue weighted by Gasteiger charge is -2.33. The third-order valence-corrected chi connectivity index (χ3v) is 6.46. The highest BCUT2D eigenvalue weighted by Gasteiger charge is 2.41. The minimum atomic E-state index is -2.87. The number of anilines is 1. The Morgan fingerprint density at radius 3 is 2.65 bits per heavy atom. The fourth-order valence-electron chi connectivity index (χ4n) is 4.15. The number of H-pyrrole nitrogens is 1. The van der Waals surface area contributed by atoms with Gasteiger partial charge in [0.2, 0.25) is 11.8 Å². The standard InChI is InChI=1S/C21H22ClF3N8O4/c1-9-15(32-37-31-9)19(35)27-16(11-3-5-21(24,25)6-4-11)20(36)26-13-8-33(30-17(13)23)10(2)12-7-14(22)28-29-18(12)34/h7-8,10-11,16H,3-6H2,1-2H3,(H,26,36)(H,27,35)(H,29,34). The Bertz CT molecular complexity index is 1360. The third kappa shape index (κ3) is 5.81. The average Bonchev–Trinajstić information content (AvgIpc) is 3.44. The quantitative estimate of drug-likeness (QED) is 0.410. The molecule has 2 atom stereocenters. The van der Waals surface area contributed by atoms with Gasteiger partial charge in [-0.2, -0.15) is 9.49 Å². The number of aryl methyl sites for hydroxylation is 1. The Hall–Kier alpha value is -3.75. The summed E-state index contributed by atoms with van der Waals surface area (Å²) in [6, 6.07) is -0.779. The Morgan fingerprint density at radius 2 is 2.00 bits per heavy atom. The van der Waals surface area contributed by atoms with E-state index in [0.29, 0.717) is 0 Å². The number of hydrogen-bond acceptors (Lipinski definition) is 8. The van der Waals surface area contributed by atoms with Crippen LogP contribution in [0.3, 0.4) is 0 Å². The van der Waals surface area contributed by atoms with Crippen LogP contribution in [-0.4, -0.2) is 54.1 Å². The van der Waals surface area contributed by atoms with E-state index >= 15 is 0 Å². The van der Waals surface area contributed by atoms with Crippen LogP contribution in [0.25, 0.3) is 0 Å². The SMILES string of the molecule is Cc1nonc1C(=O)NC(C(=O)Nc1cn(C(C)c2cc(Cl)n[nH]c2=O)nc1F)C1CCC(F)(F)CC1. The first-order valence-corrected chi connectivity index (χ1v) is 11.6. The van der Waals surface area contributed by atoms with Crippen molar-refractivity contribution < 1.29 is 27.4 Å². The van der Waals surface area contributed by atoms with Gasteiger partial charge in [-0.1, -0.05) is 16.8 Å². The molecule has 4 rings (SSSR count). The van der Waals surface area contributed by atoms with Crippen molar-refractivity contribution in [2.45, 2.75) is 57.5 Å². The van der Waals surface area contributed by atoms with Crippen molar-refractivity contribution in [1.82, 2.24) is 35.6 Å². The molecule has 3 heterocycles. The molecular formula is C21H22ClF3N8O4. The summed E-state index contributed by atoms with van der Waals surface area (Å²) in [7, 11) is 0. The molecule has 198 valence electrons. The van der Waals surface area contributed by atoms with Gasteiger partial charge in [-0.05, 0) is 43.8 Å². The molecule has 0 spiro atoms. The van der Waals surface area contributed by atoms with Gasteiger partial charge in [0.25, 0.3) is 17.4 Å². The van der Waals surface area contributed by atoms with Gasteiger partial charge in [-0.25, -0.2) is 18.5 Å². The number of nitrogens with zero attached hydrogens (tertiary/aromatic N) is 5. The number of alkyl halides is 2. The molecule has 3 N–H and O–H groups in total. The molecule has 2 unspecified atom stereocenters. The smallest absolute Gasteiger partial charge is 0.276 e. The highest BCUT2D eigenvalue weighted by atomic mass is 35.5. The van der Waals surface area contributed by atoms with E-state index in [2.05, 4.69) is 40.9 Å². The molecule has 1 fully saturated rings. The van der Waals surface area contributed by atoms with E-state index in [-0.39, 0.29) is 40.6 Å². The number of aromatic nitrogens is 6.